The predicted molar refractivity (Wildman–Crippen MR) is 81.8 cm³/mol. The zero-order chi connectivity index (χ0) is 14.6. The number of benzene rings is 1. The molecule has 0 bridgehead atoms. The Bertz CT molecular complexity index is 421. The van der Waals surface area contributed by atoms with Gasteiger partial charge in [0.25, 0.3) is 0 Å². The molecule has 1 aromatic carbocycles. The van der Waals surface area contributed by atoms with Gasteiger partial charge in [0.05, 0.1) is 16.5 Å². The lowest BCUT2D eigenvalue weighted by atomic mass is 10.1. The number of halogens is 1. The molecule has 1 N–H and O–H groups in total. The molecule has 106 valence electrons. The van der Waals surface area contributed by atoms with Crippen LogP contribution in [0.5, 0.6) is 5.75 Å². The summed E-state index contributed by atoms with van der Waals surface area (Å²) in [7, 11) is 0. The first-order valence-electron chi connectivity index (χ1n) is 6.46. The molecule has 4 heteroatoms. The monoisotopic (exact) mass is 327 g/mol. The number of amides is 1. The summed E-state index contributed by atoms with van der Waals surface area (Å²) < 4.78 is 5.04. The molecule has 0 heterocycles. The number of ether oxygens (including phenoxy) is 1. The fourth-order valence-electron chi connectivity index (χ4n) is 1.56. The Balaban J connectivity index is 2.68. The fourth-order valence-corrected chi connectivity index (χ4v) is 1.67. The molecule has 0 radical (unpaired) electrons. The maximum absolute atomic E-state index is 11.9. The summed E-state index contributed by atoms with van der Waals surface area (Å²) in [5.41, 5.74) is 1.06. The van der Waals surface area contributed by atoms with Gasteiger partial charge in [0.1, 0.15) is 5.75 Å². The minimum Gasteiger partial charge on any atom is -0.491 e. The molecule has 0 spiro atoms. The van der Waals surface area contributed by atoms with Crippen molar-refractivity contribution < 1.29 is 9.53 Å². The Hall–Kier alpha value is -1.03. The summed E-state index contributed by atoms with van der Waals surface area (Å²) >= 11 is 3.35. The highest BCUT2D eigenvalue weighted by Gasteiger charge is 2.24. The molecular formula is C15H22BrNO2. The zero-order valence-corrected chi connectivity index (χ0v) is 13.7. The van der Waals surface area contributed by atoms with Crippen LogP contribution in [0.25, 0.3) is 0 Å². The molecule has 3 nitrogen and oxygen atoms in total. The van der Waals surface area contributed by atoms with Gasteiger partial charge in [0.15, 0.2) is 0 Å². The summed E-state index contributed by atoms with van der Waals surface area (Å²) in [5, 5.41) is 2.97. The van der Waals surface area contributed by atoms with E-state index < -0.39 is 4.32 Å². The van der Waals surface area contributed by atoms with Gasteiger partial charge < -0.3 is 10.1 Å². The molecule has 0 fully saturated rings. The third-order valence-electron chi connectivity index (χ3n) is 2.64. The molecule has 0 aliphatic carbocycles. The van der Waals surface area contributed by atoms with Gasteiger partial charge >= 0.3 is 0 Å². The maximum Gasteiger partial charge on any atom is 0.236 e. The number of hydrogen-bond donors (Lipinski definition) is 1. The van der Waals surface area contributed by atoms with E-state index in [1.165, 1.54) is 0 Å². The third-order valence-corrected chi connectivity index (χ3v) is 3.00. The van der Waals surface area contributed by atoms with Gasteiger partial charge in [0.2, 0.25) is 5.91 Å². The van der Waals surface area contributed by atoms with Crippen molar-refractivity contribution in [2.75, 3.05) is 0 Å². The second-order valence-corrected chi connectivity index (χ2v) is 7.39. The number of hydrogen-bond acceptors (Lipinski definition) is 2. The van der Waals surface area contributed by atoms with Crippen LogP contribution in [0.3, 0.4) is 0 Å². The Kier molecular flexibility index (Phi) is 5.41. The maximum atomic E-state index is 11.9. The van der Waals surface area contributed by atoms with Gasteiger partial charge in [-0.2, -0.15) is 0 Å². The third kappa shape index (κ3) is 5.23. The normalized spacial score (nSPS) is 13.2. The van der Waals surface area contributed by atoms with Gasteiger partial charge in [-0.3, -0.25) is 4.79 Å². The van der Waals surface area contributed by atoms with Crippen molar-refractivity contribution in [3.63, 3.8) is 0 Å². The predicted octanol–water partition coefficient (Wildman–Crippen LogP) is 3.82. The van der Waals surface area contributed by atoms with E-state index in [2.05, 4.69) is 21.2 Å². The number of carbonyl (C=O) groups is 1. The molecule has 1 aromatic rings. The Morgan fingerprint density at radius 3 is 2.16 bits per heavy atom. The Morgan fingerprint density at radius 1 is 1.21 bits per heavy atom. The first-order chi connectivity index (χ1) is 8.70. The van der Waals surface area contributed by atoms with E-state index in [-0.39, 0.29) is 18.1 Å². The molecule has 0 saturated heterocycles. The number of rotatable bonds is 5. The lowest BCUT2D eigenvalue weighted by Crippen LogP contribution is -2.38. The summed E-state index contributed by atoms with van der Waals surface area (Å²) in [5.74, 6) is 0.820. The van der Waals surface area contributed by atoms with Crippen LogP contribution in [0.1, 0.15) is 46.2 Å². The van der Waals surface area contributed by atoms with Crippen molar-refractivity contribution >= 4 is 21.8 Å². The highest BCUT2D eigenvalue weighted by molar-refractivity contribution is 9.10. The van der Waals surface area contributed by atoms with E-state index in [0.717, 1.165) is 11.3 Å². The smallest absolute Gasteiger partial charge is 0.236 e. The minimum atomic E-state index is -0.554. The van der Waals surface area contributed by atoms with Crippen molar-refractivity contribution in [1.82, 2.24) is 5.32 Å². The topological polar surface area (TPSA) is 38.3 Å². The van der Waals surface area contributed by atoms with Crippen LogP contribution in [0.4, 0.5) is 0 Å². The second-order valence-electron chi connectivity index (χ2n) is 5.40. The summed E-state index contributed by atoms with van der Waals surface area (Å²) in [4.78, 5) is 11.9. The summed E-state index contributed by atoms with van der Waals surface area (Å²) in [6.07, 6.45) is 0.164. The molecule has 1 atom stereocenters. The van der Waals surface area contributed by atoms with Gasteiger partial charge in [-0.25, -0.2) is 0 Å². The van der Waals surface area contributed by atoms with Crippen molar-refractivity contribution in [3.8, 4) is 5.75 Å². The average molecular weight is 328 g/mol. The van der Waals surface area contributed by atoms with E-state index >= 15 is 0 Å². The Labute approximate surface area is 123 Å². The SMILES string of the molecule is CC(C)Oc1ccc(C(C)NC(=O)C(C)(C)Br)cc1. The van der Waals surface area contributed by atoms with Crippen molar-refractivity contribution in [3.05, 3.63) is 29.8 Å². The Morgan fingerprint density at radius 2 is 1.74 bits per heavy atom. The van der Waals surface area contributed by atoms with E-state index in [4.69, 9.17) is 4.74 Å². The minimum absolute atomic E-state index is 0.0255. The van der Waals surface area contributed by atoms with E-state index in [1.54, 1.807) is 0 Å². The highest BCUT2D eigenvalue weighted by Crippen LogP contribution is 2.21. The van der Waals surface area contributed by atoms with E-state index in [0.29, 0.717) is 0 Å². The van der Waals surface area contributed by atoms with Crippen LogP contribution in [0, 0.1) is 0 Å². The lowest BCUT2D eigenvalue weighted by molar-refractivity contribution is -0.123. The summed E-state index contributed by atoms with van der Waals surface area (Å²) in [6, 6.07) is 7.78. The van der Waals surface area contributed by atoms with Gasteiger partial charge in [0, 0.05) is 0 Å². The first-order valence-corrected chi connectivity index (χ1v) is 7.26. The molecule has 0 saturated carbocycles. The van der Waals surface area contributed by atoms with Gasteiger partial charge in [-0.05, 0) is 52.3 Å². The van der Waals surface area contributed by atoms with Crippen LogP contribution in [-0.2, 0) is 4.79 Å². The molecule has 1 rings (SSSR count). The molecule has 19 heavy (non-hydrogen) atoms. The molecular weight excluding hydrogens is 306 g/mol. The van der Waals surface area contributed by atoms with Crippen molar-refractivity contribution in [1.29, 1.82) is 0 Å². The average Bonchev–Trinajstić information content (AvgIpc) is 2.27. The van der Waals surface area contributed by atoms with Gasteiger partial charge in [-0.15, -0.1) is 0 Å². The van der Waals surface area contributed by atoms with Gasteiger partial charge in [-0.1, -0.05) is 28.1 Å². The molecule has 0 aliphatic heterocycles. The van der Waals surface area contributed by atoms with E-state index in [9.17, 15) is 4.79 Å². The standard InChI is InChI=1S/C15H22BrNO2/c1-10(2)19-13-8-6-12(7-9-13)11(3)17-14(18)15(4,5)16/h6-11H,1-5H3,(H,17,18). The summed E-state index contributed by atoms with van der Waals surface area (Å²) in [6.45, 7) is 9.61. The fraction of sp³-hybridized carbons (Fsp3) is 0.533. The zero-order valence-electron chi connectivity index (χ0n) is 12.2. The first kappa shape index (κ1) is 16.0. The largest absolute Gasteiger partial charge is 0.491 e. The second kappa shape index (κ2) is 6.42. The van der Waals surface area contributed by atoms with Crippen molar-refractivity contribution in [2.24, 2.45) is 0 Å². The van der Waals surface area contributed by atoms with Crippen molar-refractivity contribution in [2.45, 2.75) is 51.1 Å². The van der Waals surface area contributed by atoms with Crippen LogP contribution in [0.15, 0.2) is 24.3 Å². The number of nitrogens with one attached hydrogen (secondary N) is 1. The molecule has 0 aliphatic rings. The number of alkyl halides is 1. The lowest BCUT2D eigenvalue weighted by Gasteiger charge is -2.21. The highest BCUT2D eigenvalue weighted by atomic mass is 79.9. The van der Waals surface area contributed by atoms with Crippen LogP contribution in [0.2, 0.25) is 0 Å². The quantitative estimate of drug-likeness (QED) is 0.835. The number of carbonyl (C=O) groups excluding carboxylic acids is 1. The molecule has 1 amide bonds. The van der Waals surface area contributed by atoms with Crippen LogP contribution in [-0.4, -0.2) is 16.3 Å². The molecule has 1 unspecified atom stereocenters. The molecule has 0 aromatic heterocycles. The van der Waals surface area contributed by atoms with Crippen LogP contribution < -0.4 is 10.1 Å². The van der Waals surface area contributed by atoms with E-state index in [1.807, 2.05) is 58.9 Å². The van der Waals surface area contributed by atoms with Crippen LogP contribution >= 0.6 is 15.9 Å².